The number of hydrogen-bond acceptors (Lipinski definition) is 6. The molecule has 1 atom stereocenters. The number of fused-ring (bicyclic) bond motifs is 3. The van der Waals surface area contributed by atoms with Crippen LogP contribution in [-0.4, -0.2) is 36.2 Å². The van der Waals surface area contributed by atoms with Crippen LogP contribution in [0.25, 0.3) is 23.1 Å². The van der Waals surface area contributed by atoms with Crippen LogP contribution < -0.4 is 9.46 Å². The molecule has 40 heavy (non-hydrogen) atoms. The van der Waals surface area contributed by atoms with Gasteiger partial charge in [-0.15, -0.1) is 11.8 Å². The van der Waals surface area contributed by atoms with Gasteiger partial charge in [0.2, 0.25) is 0 Å². The minimum absolute atomic E-state index is 0.0476. The molecule has 0 aliphatic carbocycles. The monoisotopic (exact) mass is 593 g/mol. The molecule has 208 valence electrons. The van der Waals surface area contributed by atoms with Crippen molar-refractivity contribution in [1.82, 2.24) is 14.7 Å². The molecule has 0 spiro atoms. The molecule has 13 heteroatoms. The highest BCUT2D eigenvalue weighted by Crippen LogP contribution is 2.44. The lowest BCUT2D eigenvalue weighted by molar-refractivity contribution is -0.0447. The minimum atomic E-state index is -5.44. The van der Waals surface area contributed by atoms with Gasteiger partial charge in [0, 0.05) is 35.5 Å². The molecule has 6 nitrogen and oxygen atoms in total. The molecule has 3 heterocycles. The van der Waals surface area contributed by atoms with E-state index in [9.17, 15) is 30.4 Å². The molecule has 4 aromatic rings. The number of alkyl halides is 3. The van der Waals surface area contributed by atoms with Crippen LogP contribution >= 0.6 is 11.8 Å². The van der Waals surface area contributed by atoms with Crippen molar-refractivity contribution in [2.45, 2.75) is 17.4 Å². The van der Waals surface area contributed by atoms with Crippen molar-refractivity contribution in [2.24, 2.45) is 0 Å². The minimum Gasteiger partial charge on any atom is -0.487 e. The van der Waals surface area contributed by atoms with Gasteiger partial charge in [0.05, 0.1) is 22.2 Å². The zero-order valence-electron chi connectivity index (χ0n) is 20.5. The molecule has 0 bridgehead atoms. The maximum atomic E-state index is 13.7. The number of nitrogens with zero attached hydrogens (tertiary/aromatic N) is 2. The molecule has 1 aliphatic heterocycles. The summed E-state index contributed by atoms with van der Waals surface area (Å²) >= 11 is 1.26. The van der Waals surface area contributed by atoms with Crippen molar-refractivity contribution in [1.29, 1.82) is 0 Å². The van der Waals surface area contributed by atoms with Crippen molar-refractivity contribution in [3.63, 3.8) is 0 Å². The molecule has 0 fully saturated rings. The molecule has 1 N–H and O–H groups in total. The van der Waals surface area contributed by atoms with Crippen LogP contribution in [0.2, 0.25) is 0 Å². The summed E-state index contributed by atoms with van der Waals surface area (Å²) < 4.78 is 95.5. The predicted octanol–water partition coefficient (Wildman–Crippen LogP) is 6.23. The highest BCUT2D eigenvalue weighted by molar-refractivity contribution is 7.99. The Hall–Kier alpha value is -3.55. The summed E-state index contributed by atoms with van der Waals surface area (Å²) in [7, 11) is -5.44. The van der Waals surface area contributed by atoms with Gasteiger partial charge in [0.1, 0.15) is 12.4 Å². The number of pyridine rings is 2. The number of nitrogens with one attached hydrogen (secondary N) is 1. The van der Waals surface area contributed by atoms with Crippen LogP contribution in [0.5, 0.6) is 5.75 Å². The number of benzene rings is 2. The van der Waals surface area contributed by atoms with E-state index in [-0.39, 0.29) is 12.4 Å². The molecule has 0 saturated heterocycles. The summed E-state index contributed by atoms with van der Waals surface area (Å²) in [6.07, 6.45) is 5.11. The molecule has 0 saturated carbocycles. The summed E-state index contributed by atoms with van der Waals surface area (Å²) in [5, 5.41) is 0.0597. The normalized spacial score (nSPS) is 15.5. The largest absolute Gasteiger partial charge is 0.511 e. The Morgan fingerprint density at radius 2 is 1.82 bits per heavy atom. The Labute approximate surface area is 230 Å². The molecule has 2 aromatic heterocycles. The summed E-state index contributed by atoms with van der Waals surface area (Å²) in [5.74, 6) is -1.33. The van der Waals surface area contributed by atoms with Gasteiger partial charge in [-0.3, -0.25) is 4.98 Å². The molecular formula is C27H20F5N3O3S2. The summed E-state index contributed by atoms with van der Waals surface area (Å²) in [6, 6.07) is 14.5. The number of halogens is 5. The van der Waals surface area contributed by atoms with E-state index in [4.69, 9.17) is 4.74 Å². The SMILES string of the molecule is O=S(=O)(NCCSC1c2cc(C=Cc3ccc4cc(F)c(F)cc4n3)ccc2OCc2ncccc21)C(F)(F)F. The van der Waals surface area contributed by atoms with Crippen molar-refractivity contribution < 1.29 is 35.1 Å². The van der Waals surface area contributed by atoms with Crippen molar-refractivity contribution in [3.8, 4) is 5.75 Å². The van der Waals surface area contributed by atoms with E-state index >= 15 is 0 Å². The topological polar surface area (TPSA) is 81.2 Å². The molecule has 2 aromatic carbocycles. The zero-order valence-corrected chi connectivity index (χ0v) is 22.1. The first kappa shape index (κ1) is 28.0. The molecule has 5 rings (SSSR count). The average Bonchev–Trinajstić information content (AvgIpc) is 3.06. The van der Waals surface area contributed by atoms with E-state index in [2.05, 4.69) is 9.97 Å². The lowest BCUT2D eigenvalue weighted by Crippen LogP contribution is -2.37. The summed E-state index contributed by atoms with van der Waals surface area (Å²) in [5.41, 5.74) is -1.61. The van der Waals surface area contributed by atoms with E-state index in [1.54, 1.807) is 47.3 Å². The smallest absolute Gasteiger partial charge is 0.487 e. The second kappa shape index (κ2) is 11.1. The third-order valence-electron chi connectivity index (χ3n) is 6.07. The van der Waals surface area contributed by atoms with Gasteiger partial charge in [0.25, 0.3) is 0 Å². The number of sulfonamides is 1. The highest BCUT2D eigenvalue weighted by atomic mass is 32.2. The molecule has 1 unspecified atom stereocenters. The Bertz CT molecular complexity index is 1710. The number of thioether (sulfide) groups is 1. The van der Waals surface area contributed by atoms with E-state index in [0.717, 1.165) is 28.8 Å². The first-order valence-electron chi connectivity index (χ1n) is 11.8. The number of rotatable bonds is 7. The Balaban J connectivity index is 1.41. The molecule has 0 amide bonds. The molecule has 1 aliphatic rings. The van der Waals surface area contributed by atoms with Gasteiger partial charge in [-0.05, 0) is 47.5 Å². The molecular weight excluding hydrogens is 573 g/mol. The summed E-state index contributed by atoms with van der Waals surface area (Å²) in [4.78, 5) is 8.74. The standard InChI is InChI=1S/C27H20F5N3O3S2/c28-21-13-17-5-7-18(35-23(17)14-22(21)29)6-3-16-4-8-25-20(12-16)26(19-2-1-9-33-24(19)15-38-25)39-11-10-34-40(36,37)27(30,31)32/h1-9,12-14,26,34H,10-11,15H2. The van der Waals surface area contributed by atoms with Gasteiger partial charge in [-0.25, -0.2) is 26.9 Å². The fourth-order valence-corrected chi connectivity index (χ4v) is 6.03. The lowest BCUT2D eigenvalue weighted by Gasteiger charge is -2.19. The van der Waals surface area contributed by atoms with Gasteiger partial charge >= 0.3 is 15.5 Å². The zero-order chi connectivity index (χ0) is 28.5. The maximum absolute atomic E-state index is 13.7. The third-order valence-corrected chi connectivity index (χ3v) is 8.55. The van der Waals surface area contributed by atoms with Crippen LogP contribution in [0.1, 0.15) is 33.3 Å². The van der Waals surface area contributed by atoms with Crippen LogP contribution in [0.4, 0.5) is 22.0 Å². The highest BCUT2D eigenvalue weighted by Gasteiger charge is 2.45. The quantitative estimate of drug-likeness (QED) is 0.202. The first-order valence-corrected chi connectivity index (χ1v) is 14.4. The maximum Gasteiger partial charge on any atom is 0.511 e. The van der Waals surface area contributed by atoms with Gasteiger partial charge < -0.3 is 4.74 Å². The van der Waals surface area contributed by atoms with Crippen LogP contribution in [0.15, 0.2) is 60.8 Å². The second-order valence-corrected chi connectivity index (χ2v) is 11.7. The fraction of sp³-hybridized carbons (Fsp3) is 0.185. The van der Waals surface area contributed by atoms with Crippen LogP contribution in [0, 0.1) is 11.6 Å². The first-order chi connectivity index (χ1) is 19.0. The second-order valence-electron chi connectivity index (χ2n) is 8.75. The van der Waals surface area contributed by atoms with Gasteiger partial charge in [0.15, 0.2) is 11.6 Å². The van der Waals surface area contributed by atoms with Crippen molar-refractivity contribution in [3.05, 3.63) is 101 Å². The van der Waals surface area contributed by atoms with Gasteiger partial charge in [-0.1, -0.05) is 24.3 Å². The third kappa shape index (κ3) is 5.96. The van der Waals surface area contributed by atoms with Crippen LogP contribution in [0.3, 0.4) is 0 Å². The van der Waals surface area contributed by atoms with E-state index in [0.29, 0.717) is 28.0 Å². The lowest BCUT2D eigenvalue weighted by atomic mass is 10.0. The van der Waals surface area contributed by atoms with Crippen LogP contribution in [-0.2, 0) is 16.6 Å². The van der Waals surface area contributed by atoms with E-state index in [1.165, 1.54) is 11.8 Å². The average molecular weight is 594 g/mol. The number of hydrogen-bond donors (Lipinski definition) is 1. The summed E-state index contributed by atoms with van der Waals surface area (Å²) in [6.45, 7) is -0.235. The molecule has 0 radical (unpaired) electrons. The Kier molecular flexibility index (Phi) is 7.80. The van der Waals surface area contributed by atoms with E-state index in [1.807, 2.05) is 18.2 Å². The number of aromatic nitrogens is 2. The fourth-order valence-electron chi connectivity index (χ4n) is 4.15. The van der Waals surface area contributed by atoms with Gasteiger partial charge in [-0.2, -0.15) is 13.2 Å². The van der Waals surface area contributed by atoms with Crippen molar-refractivity contribution in [2.75, 3.05) is 12.3 Å². The number of ether oxygens (including phenoxy) is 1. The van der Waals surface area contributed by atoms with Crippen molar-refractivity contribution >= 4 is 44.8 Å². The Morgan fingerprint density at radius 3 is 2.62 bits per heavy atom. The Morgan fingerprint density at radius 1 is 1.02 bits per heavy atom. The predicted molar refractivity (Wildman–Crippen MR) is 143 cm³/mol. The van der Waals surface area contributed by atoms with E-state index < -0.39 is 39.0 Å².